The Balaban J connectivity index is 2.65. The molecule has 1 aromatic carbocycles. The molecule has 4 N–H and O–H groups in total. The van der Waals surface area contributed by atoms with E-state index in [0.29, 0.717) is 18.1 Å². The number of amides is 1. The molecule has 92 valence electrons. The van der Waals surface area contributed by atoms with Crippen LogP contribution in [-0.4, -0.2) is 24.0 Å². The largest absolute Gasteiger partial charge is 0.389 e. The molecule has 0 bridgehead atoms. The lowest BCUT2D eigenvalue weighted by Gasteiger charge is -2.11. The Hall–Kier alpha value is -1.14. The molecule has 0 aromatic heterocycles. The van der Waals surface area contributed by atoms with Crippen molar-refractivity contribution >= 4 is 44.7 Å². The predicted octanol–water partition coefficient (Wildman–Crippen LogP) is 1.63. The van der Waals surface area contributed by atoms with Gasteiger partial charge in [0.2, 0.25) is 5.91 Å². The van der Waals surface area contributed by atoms with E-state index in [1.54, 1.807) is 0 Å². The lowest BCUT2D eigenvalue weighted by Crippen LogP contribution is -2.26. The molecule has 17 heavy (non-hydrogen) atoms. The van der Waals surface area contributed by atoms with Gasteiger partial charge in [0.15, 0.2) is 0 Å². The molecule has 1 aromatic rings. The lowest BCUT2D eigenvalue weighted by atomic mass is 10.2. The smallest absolute Gasteiger partial charge is 0.216 e. The standard InChI is InChI=1S/C11H14BrN3OS/c1-7(16)14-4-5-15-10-6-8(12)2-3-9(10)11(13)17/h2-3,6,15H,4-5H2,1H3,(H2,13,17)(H,14,16). The van der Waals surface area contributed by atoms with Crippen LogP contribution in [0.1, 0.15) is 12.5 Å². The van der Waals surface area contributed by atoms with Gasteiger partial charge in [0.1, 0.15) is 4.99 Å². The van der Waals surface area contributed by atoms with E-state index in [0.717, 1.165) is 15.7 Å². The second-order valence-corrected chi connectivity index (χ2v) is 4.82. The summed E-state index contributed by atoms with van der Waals surface area (Å²) in [6.45, 7) is 2.66. The molecular weight excluding hydrogens is 302 g/mol. The molecule has 0 unspecified atom stereocenters. The van der Waals surface area contributed by atoms with Gasteiger partial charge < -0.3 is 16.4 Å². The minimum Gasteiger partial charge on any atom is -0.389 e. The van der Waals surface area contributed by atoms with E-state index >= 15 is 0 Å². The molecule has 0 spiro atoms. The van der Waals surface area contributed by atoms with Crippen LogP contribution in [0.25, 0.3) is 0 Å². The van der Waals surface area contributed by atoms with Gasteiger partial charge in [-0.1, -0.05) is 28.1 Å². The predicted molar refractivity (Wildman–Crippen MR) is 77.2 cm³/mol. The maximum Gasteiger partial charge on any atom is 0.216 e. The molecule has 6 heteroatoms. The summed E-state index contributed by atoms with van der Waals surface area (Å²) < 4.78 is 0.944. The van der Waals surface area contributed by atoms with E-state index in [1.165, 1.54) is 6.92 Å². The number of carbonyl (C=O) groups excluding carboxylic acids is 1. The van der Waals surface area contributed by atoms with Crippen molar-refractivity contribution in [2.45, 2.75) is 6.92 Å². The first kappa shape index (κ1) is 13.9. The average Bonchev–Trinajstić information content (AvgIpc) is 2.23. The summed E-state index contributed by atoms with van der Waals surface area (Å²) in [5.41, 5.74) is 7.28. The molecule has 0 aliphatic rings. The highest BCUT2D eigenvalue weighted by Gasteiger charge is 2.05. The third kappa shape index (κ3) is 4.70. The Morgan fingerprint density at radius 2 is 2.18 bits per heavy atom. The van der Waals surface area contributed by atoms with E-state index < -0.39 is 0 Å². The van der Waals surface area contributed by atoms with Gasteiger partial charge >= 0.3 is 0 Å². The number of anilines is 1. The van der Waals surface area contributed by atoms with Crippen molar-refractivity contribution in [2.24, 2.45) is 5.73 Å². The van der Waals surface area contributed by atoms with E-state index in [1.807, 2.05) is 18.2 Å². The van der Waals surface area contributed by atoms with Crippen LogP contribution in [-0.2, 0) is 4.79 Å². The summed E-state index contributed by atoms with van der Waals surface area (Å²) in [6, 6.07) is 5.64. The van der Waals surface area contributed by atoms with Crippen LogP contribution in [0.5, 0.6) is 0 Å². The minimum absolute atomic E-state index is 0.0457. The molecule has 1 amide bonds. The Labute approximate surface area is 114 Å². The minimum atomic E-state index is -0.0457. The van der Waals surface area contributed by atoms with Gasteiger partial charge in [-0.25, -0.2) is 0 Å². The summed E-state index contributed by atoms with van der Waals surface area (Å²) in [6.07, 6.45) is 0. The van der Waals surface area contributed by atoms with Crippen molar-refractivity contribution < 1.29 is 4.79 Å². The van der Waals surface area contributed by atoms with Gasteiger partial charge in [-0.2, -0.15) is 0 Å². The topological polar surface area (TPSA) is 67.2 Å². The first-order valence-corrected chi connectivity index (χ1v) is 6.28. The van der Waals surface area contributed by atoms with Crippen molar-refractivity contribution in [1.82, 2.24) is 5.32 Å². The molecule has 0 aliphatic heterocycles. The van der Waals surface area contributed by atoms with Crippen LogP contribution in [0.3, 0.4) is 0 Å². The van der Waals surface area contributed by atoms with Crippen LogP contribution >= 0.6 is 28.1 Å². The fourth-order valence-electron chi connectivity index (χ4n) is 1.31. The zero-order chi connectivity index (χ0) is 12.8. The van der Waals surface area contributed by atoms with Crippen molar-refractivity contribution in [3.63, 3.8) is 0 Å². The molecule has 0 fully saturated rings. The van der Waals surface area contributed by atoms with Crippen LogP contribution in [0.15, 0.2) is 22.7 Å². The van der Waals surface area contributed by atoms with Crippen molar-refractivity contribution in [1.29, 1.82) is 0 Å². The number of carbonyl (C=O) groups is 1. The van der Waals surface area contributed by atoms with Gasteiger partial charge in [0.25, 0.3) is 0 Å². The number of benzene rings is 1. The summed E-state index contributed by atoms with van der Waals surface area (Å²) >= 11 is 8.35. The van der Waals surface area contributed by atoms with Gasteiger partial charge in [-0.15, -0.1) is 0 Å². The molecule has 4 nitrogen and oxygen atoms in total. The number of hydrogen-bond donors (Lipinski definition) is 3. The zero-order valence-corrected chi connectivity index (χ0v) is 11.8. The molecule has 0 heterocycles. The number of thiocarbonyl (C=S) groups is 1. The fraction of sp³-hybridized carbons (Fsp3) is 0.273. The number of nitrogens with two attached hydrogens (primary N) is 1. The number of rotatable bonds is 5. The Morgan fingerprint density at radius 1 is 1.47 bits per heavy atom. The Morgan fingerprint density at radius 3 is 2.76 bits per heavy atom. The van der Waals surface area contributed by atoms with Crippen LogP contribution in [0, 0.1) is 0 Å². The first-order chi connectivity index (χ1) is 8.00. The highest BCUT2D eigenvalue weighted by Crippen LogP contribution is 2.21. The normalized spacial score (nSPS) is 9.76. The van der Waals surface area contributed by atoms with E-state index in [9.17, 15) is 4.79 Å². The van der Waals surface area contributed by atoms with Crippen molar-refractivity contribution in [3.8, 4) is 0 Å². The second kappa shape index (κ2) is 6.56. The Kier molecular flexibility index (Phi) is 5.37. The first-order valence-electron chi connectivity index (χ1n) is 5.08. The van der Waals surface area contributed by atoms with Crippen LogP contribution < -0.4 is 16.4 Å². The molecular formula is C11H14BrN3OS. The quantitative estimate of drug-likeness (QED) is 0.571. The van der Waals surface area contributed by atoms with Crippen molar-refractivity contribution in [2.75, 3.05) is 18.4 Å². The maximum atomic E-state index is 10.7. The van der Waals surface area contributed by atoms with Gasteiger partial charge in [-0.3, -0.25) is 4.79 Å². The molecule has 1 rings (SSSR count). The number of nitrogens with one attached hydrogen (secondary N) is 2. The average molecular weight is 316 g/mol. The molecule has 0 radical (unpaired) electrons. The highest BCUT2D eigenvalue weighted by atomic mass is 79.9. The summed E-state index contributed by atoms with van der Waals surface area (Å²) in [5, 5.41) is 5.88. The summed E-state index contributed by atoms with van der Waals surface area (Å²) in [7, 11) is 0. The zero-order valence-electron chi connectivity index (χ0n) is 9.42. The van der Waals surface area contributed by atoms with Gasteiger partial charge in [-0.05, 0) is 18.2 Å². The van der Waals surface area contributed by atoms with Gasteiger partial charge in [0, 0.05) is 35.7 Å². The molecule has 0 saturated heterocycles. The maximum absolute atomic E-state index is 10.7. The molecule has 0 atom stereocenters. The molecule has 0 aliphatic carbocycles. The fourth-order valence-corrected chi connectivity index (χ4v) is 1.85. The van der Waals surface area contributed by atoms with Crippen LogP contribution in [0.2, 0.25) is 0 Å². The lowest BCUT2D eigenvalue weighted by molar-refractivity contribution is -0.118. The summed E-state index contributed by atoms with van der Waals surface area (Å²) in [5.74, 6) is -0.0457. The number of halogens is 1. The van der Waals surface area contributed by atoms with E-state index in [4.69, 9.17) is 18.0 Å². The second-order valence-electron chi connectivity index (χ2n) is 3.46. The molecule has 0 saturated carbocycles. The highest BCUT2D eigenvalue weighted by molar-refractivity contribution is 9.10. The Bertz CT molecular complexity index is 437. The SMILES string of the molecule is CC(=O)NCCNc1cc(Br)ccc1C(N)=S. The van der Waals surface area contributed by atoms with Crippen LogP contribution in [0.4, 0.5) is 5.69 Å². The number of hydrogen-bond acceptors (Lipinski definition) is 3. The van der Waals surface area contributed by atoms with E-state index in [2.05, 4.69) is 26.6 Å². The summed E-state index contributed by atoms with van der Waals surface area (Å²) in [4.78, 5) is 11.0. The van der Waals surface area contributed by atoms with E-state index in [-0.39, 0.29) is 5.91 Å². The third-order valence-electron chi connectivity index (χ3n) is 2.06. The third-order valence-corrected chi connectivity index (χ3v) is 2.77. The van der Waals surface area contributed by atoms with Gasteiger partial charge in [0.05, 0.1) is 0 Å². The van der Waals surface area contributed by atoms with Crippen molar-refractivity contribution in [3.05, 3.63) is 28.2 Å². The monoisotopic (exact) mass is 315 g/mol.